The quantitative estimate of drug-likeness (QED) is 0.771. The van der Waals surface area contributed by atoms with Gasteiger partial charge in [0.15, 0.2) is 0 Å². The van der Waals surface area contributed by atoms with Gasteiger partial charge >= 0.3 is 5.97 Å². The molecule has 1 atom stereocenters. The van der Waals surface area contributed by atoms with Crippen LogP contribution in [-0.4, -0.2) is 18.6 Å². The molecule has 1 aromatic carbocycles. The van der Waals surface area contributed by atoms with E-state index in [9.17, 15) is 4.79 Å². The van der Waals surface area contributed by atoms with Gasteiger partial charge in [0.25, 0.3) is 0 Å². The number of hydrogen-bond donors (Lipinski definition) is 1. The summed E-state index contributed by atoms with van der Waals surface area (Å²) >= 11 is 6.88. The minimum atomic E-state index is -0.176. The zero-order valence-corrected chi connectivity index (χ0v) is 13.5. The van der Waals surface area contributed by atoms with E-state index in [0.717, 1.165) is 20.9 Å². The molecule has 0 aliphatic heterocycles. The summed E-state index contributed by atoms with van der Waals surface area (Å²) in [6.07, 6.45) is 1.78. The van der Waals surface area contributed by atoms with Crippen LogP contribution in [0.4, 0.5) is 0 Å². The van der Waals surface area contributed by atoms with Gasteiger partial charge in [-0.05, 0) is 69.3 Å². The smallest absolute Gasteiger partial charge is 0.305 e. The van der Waals surface area contributed by atoms with Gasteiger partial charge in [0.05, 0.1) is 6.61 Å². The molecule has 3 nitrogen and oxygen atoms in total. The van der Waals surface area contributed by atoms with Crippen molar-refractivity contribution in [2.75, 3.05) is 6.61 Å². The number of ether oxygens (including phenoxy) is 1. The second-order valence-corrected chi connectivity index (χ2v) is 5.77. The highest BCUT2D eigenvalue weighted by Crippen LogP contribution is 2.24. The number of hydrogen-bond acceptors (Lipinski definition) is 3. The van der Waals surface area contributed by atoms with Crippen molar-refractivity contribution in [2.45, 2.75) is 32.2 Å². The first kappa shape index (κ1) is 15.7. The summed E-state index contributed by atoms with van der Waals surface area (Å²) in [6.45, 7) is 2.23. The molecule has 0 saturated carbocycles. The maximum absolute atomic E-state index is 11.2. The van der Waals surface area contributed by atoms with Gasteiger partial charge in [-0.3, -0.25) is 4.79 Å². The van der Waals surface area contributed by atoms with Gasteiger partial charge in [-0.25, -0.2) is 0 Å². The zero-order valence-electron chi connectivity index (χ0n) is 10.3. The molecule has 0 aliphatic rings. The van der Waals surface area contributed by atoms with E-state index in [4.69, 9.17) is 10.5 Å². The molecule has 0 spiro atoms. The van der Waals surface area contributed by atoms with E-state index in [0.29, 0.717) is 19.4 Å². The Morgan fingerprint density at radius 2 is 2.11 bits per heavy atom. The molecular weight excluding hydrogens is 362 g/mol. The van der Waals surface area contributed by atoms with Crippen molar-refractivity contribution in [1.82, 2.24) is 0 Å². The molecule has 0 heterocycles. The van der Waals surface area contributed by atoms with Gasteiger partial charge < -0.3 is 10.5 Å². The SMILES string of the molecule is CCOC(=O)CCC(N)Cc1ccc(Br)c(Br)c1. The number of esters is 1. The molecule has 18 heavy (non-hydrogen) atoms. The summed E-state index contributed by atoms with van der Waals surface area (Å²) in [5.74, 6) is -0.176. The van der Waals surface area contributed by atoms with Crippen molar-refractivity contribution >= 4 is 37.8 Å². The van der Waals surface area contributed by atoms with Crippen LogP contribution in [0, 0.1) is 0 Å². The van der Waals surface area contributed by atoms with Gasteiger partial charge in [0.2, 0.25) is 0 Å². The van der Waals surface area contributed by atoms with Gasteiger partial charge in [-0.15, -0.1) is 0 Å². The molecule has 1 rings (SSSR count). The Labute approximate surface area is 124 Å². The monoisotopic (exact) mass is 377 g/mol. The highest BCUT2D eigenvalue weighted by Gasteiger charge is 2.09. The summed E-state index contributed by atoms with van der Waals surface area (Å²) in [5.41, 5.74) is 7.16. The summed E-state index contributed by atoms with van der Waals surface area (Å²) in [4.78, 5) is 11.2. The Morgan fingerprint density at radius 3 is 2.72 bits per heavy atom. The highest BCUT2D eigenvalue weighted by molar-refractivity contribution is 9.13. The first-order valence-electron chi connectivity index (χ1n) is 5.88. The molecule has 0 aliphatic carbocycles. The number of carbonyl (C=O) groups is 1. The lowest BCUT2D eigenvalue weighted by Crippen LogP contribution is -2.24. The lowest BCUT2D eigenvalue weighted by Gasteiger charge is -2.11. The van der Waals surface area contributed by atoms with Crippen molar-refractivity contribution in [3.05, 3.63) is 32.7 Å². The molecule has 0 aromatic heterocycles. The van der Waals surface area contributed by atoms with Gasteiger partial charge in [-0.2, -0.15) is 0 Å². The summed E-state index contributed by atoms with van der Waals surface area (Å²) in [6, 6.07) is 6.02. The van der Waals surface area contributed by atoms with Crippen LogP contribution < -0.4 is 5.73 Å². The Morgan fingerprint density at radius 1 is 1.39 bits per heavy atom. The molecule has 100 valence electrons. The number of rotatable bonds is 6. The number of carbonyl (C=O) groups excluding carboxylic acids is 1. The first-order valence-corrected chi connectivity index (χ1v) is 7.46. The zero-order chi connectivity index (χ0) is 13.5. The average molecular weight is 379 g/mol. The fourth-order valence-corrected chi connectivity index (χ4v) is 2.28. The second kappa shape index (κ2) is 7.92. The largest absolute Gasteiger partial charge is 0.466 e. The average Bonchev–Trinajstić information content (AvgIpc) is 2.32. The summed E-state index contributed by atoms with van der Waals surface area (Å²) in [7, 11) is 0. The molecular formula is C13H17Br2NO2. The van der Waals surface area contributed by atoms with Gasteiger partial charge in [0, 0.05) is 21.4 Å². The Bertz CT molecular complexity index is 410. The Kier molecular flexibility index (Phi) is 6.89. The van der Waals surface area contributed by atoms with E-state index in [-0.39, 0.29) is 12.0 Å². The molecule has 0 radical (unpaired) electrons. The molecule has 1 unspecified atom stereocenters. The van der Waals surface area contributed by atoms with Crippen molar-refractivity contribution in [1.29, 1.82) is 0 Å². The topological polar surface area (TPSA) is 52.3 Å². The Hall–Kier alpha value is -0.390. The van der Waals surface area contributed by atoms with Crippen LogP contribution in [0.1, 0.15) is 25.3 Å². The number of benzene rings is 1. The minimum Gasteiger partial charge on any atom is -0.466 e. The normalized spacial score (nSPS) is 12.2. The van der Waals surface area contributed by atoms with E-state index in [2.05, 4.69) is 31.9 Å². The predicted octanol–water partition coefficient (Wildman–Crippen LogP) is 3.42. The van der Waals surface area contributed by atoms with Crippen molar-refractivity contribution in [3.63, 3.8) is 0 Å². The first-order chi connectivity index (χ1) is 8.52. The fourth-order valence-electron chi connectivity index (χ4n) is 1.61. The van der Waals surface area contributed by atoms with Crippen LogP contribution in [0.3, 0.4) is 0 Å². The maximum Gasteiger partial charge on any atom is 0.305 e. The molecule has 5 heteroatoms. The lowest BCUT2D eigenvalue weighted by atomic mass is 10.0. The van der Waals surface area contributed by atoms with Gasteiger partial charge in [-0.1, -0.05) is 6.07 Å². The summed E-state index contributed by atoms with van der Waals surface area (Å²) < 4.78 is 6.90. The fraction of sp³-hybridized carbons (Fsp3) is 0.462. The van der Waals surface area contributed by atoms with E-state index in [1.165, 1.54) is 0 Å². The van der Waals surface area contributed by atoms with Crippen LogP contribution in [0.5, 0.6) is 0 Å². The van der Waals surface area contributed by atoms with E-state index < -0.39 is 0 Å². The van der Waals surface area contributed by atoms with E-state index in [1.54, 1.807) is 6.92 Å². The highest BCUT2D eigenvalue weighted by atomic mass is 79.9. The third-order valence-corrected chi connectivity index (χ3v) is 4.39. The molecule has 0 saturated heterocycles. The molecule has 0 bridgehead atoms. The lowest BCUT2D eigenvalue weighted by molar-refractivity contribution is -0.143. The van der Waals surface area contributed by atoms with Crippen LogP contribution >= 0.6 is 31.9 Å². The predicted molar refractivity (Wildman–Crippen MR) is 79.4 cm³/mol. The van der Waals surface area contributed by atoms with Crippen molar-refractivity contribution in [2.24, 2.45) is 5.73 Å². The van der Waals surface area contributed by atoms with Crippen LogP contribution in [0.15, 0.2) is 27.1 Å². The number of nitrogens with two attached hydrogens (primary N) is 1. The standard InChI is InChI=1S/C13H17Br2NO2/c1-2-18-13(17)6-4-10(16)7-9-3-5-11(14)12(15)8-9/h3,5,8,10H,2,4,6-7,16H2,1H3. The minimum absolute atomic E-state index is 0.0255. The second-order valence-electron chi connectivity index (χ2n) is 4.06. The third kappa shape index (κ3) is 5.50. The van der Waals surface area contributed by atoms with Gasteiger partial charge in [0.1, 0.15) is 0 Å². The third-order valence-electron chi connectivity index (χ3n) is 2.51. The van der Waals surface area contributed by atoms with E-state index >= 15 is 0 Å². The van der Waals surface area contributed by atoms with Crippen LogP contribution in [-0.2, 0) is 16.0 Å². The van der Waals surface area contributed by atoms with Crippen LogP contribution in [0.2, 0.25) is 0 Å². The van der Waals surface area contributed by atoms with Crippen LogP contribution in [0.25, 0.3) is 0 Å². The molecule has 0 amide bonds. The van der Waals surface area contributed by atoms with Crippen molar-refractivity contribution < 1.29 is 9.53 Å². The maximum atomic E-state index is 11.2. The molecule has 2 N–H and O–H groups in total. The van der Waals surface area contributed by atoms with E-state index in [1.807, 2.05) is 18.2 Å². The molecule has 1 aromatic rings. The molecule has 0 fully saturated rings. The summed E-state index contributed by atoms with van der Waals surface area (Å²) in [5, 5.41) is 0. The number of halogens is 2. The Balaban J connectivity index is 2.42. The van der Waals surface area contributed by atoms with Crippen molar-refractivity contribution in [3.8, 4) is 0 Å².